The van der Waals surface area contributed by atoms with E-state index in [4.69, 9.17) is 10.5 Å². The highest BCUT2D eigenvalue weighted by Crippen LogP contribution is 2.45. The van der Waals surface area contributed by atoms with Gasteiger partial charge in [0.05, 0.1) is 7.11 Å². The lowest BCUT2D eigenvalue weighted by Gasteiger charge is -2.40. The van der Waals surface area contributed by atoms with Gasteiger partial charge in [-0.15, -0.1) is 0 Å². The van der Waals surface area contributed by atoms with Crippen LogP contribution in [-0.4, -0.2) is 7.11 Å². The first-order chi connectivity index (χ1) is 7.08. The van der Waals surface area contributed by atoms with Crippen molar-refractivity contribution in [3.63, 3.8) is 0 Å². The van der Waals surface area contributed by atoms with Gasteiger partial charge in [-0.3, -0.25) is 0 Å². The number of methoxy groups -OCH3 is 1. The summed E-state index contributed by atoms with van der Waals surface area (Å²) >= 11 is 3.54. The Kier molecular flexibility index (Phi) is 2.77. The molecule has 0 radical (unpaired) electrons. The molecule has 2 rings (SSSR count). The SMILES string of the molecule is COc1ccc(Br)c(C)c1C1(N)CCC1. The molecular weight excluding hydrogens is 254 g/mol. The van der Waals surface area contributed by atoms with Crippen LogP contribution in [0.4, 0.5) is 0 Å². The molecule has 0 aliphatic heterocycles. The van der Waals surface area contributed by atoms with Crippen molar-refractivity contribution >= 4 is 15.9 Å². The lowest BCUT2D eigenvalue weighted by molar-refractivity contribution is 0.242. The van der Waals surface area contributed by atoms with Crippen molar-refractivity contribution in [1.29, 1.82) is 0 Å². The topological polar surface area (TPSA) is 35.2 Å². The molecule has 0 unspecified atom stereocenters. The van der Waals surface area contributed by atoms with Crippen LogP contribution in [0.5, 0.6) is 5.75 Å². The standard InChI is InChI=1S/C12H16BrNO/c1-8-9(13)4-5-10(15-2)11(8)12(14)6-3-7-12/h4-5H,3,6-7,14H2,1-2H3. The Bertz CT molecular complexity index is 385. The Morgan fingerprint density at radius 2 is 2.07 bits per heavy atom. The molecule has 1 fully saturated rings. The zero-order valence-corrected chi connectivity index (χ0v) is 10.7. The highest BCUT2D eigenvalue weighted by atomic mass is 79.9. The van der Waals surface area contributed by atoms with Crippen LogP contribution in [-0.2, 0) is 5.54 Å². The van der Waals surface area contributed by atoms with E-state index in [-0.39, 0.29) is 5.54 Å². The van der Waals surface area contributed by atoms with E-state index in [1.54, 1.807) is 7.11 Å². The summed E-state index contributed by atoms with van der Waals surface area (Å²) in [5, 5.41) is 0. The van der Waals surface area contributed by atoms with Gasteiger partial charge in [0.25, 0.3) is 0 Å². The number of ether oxygens (including phenoxy) is 1. The summed E-state index contributed by atoms with van der Waals surface area (Å²) in [7, 11) is 1.70. The van der Waals surface area contributed by atoms with Crippen molar-refractivity contribution < 1.29 is 4.74 Å². The maximum Gasteiger partial charge on any atom is 0.124 e. The Morgan fingerprint density at radius 1 is 1.40 bits per heavy atom. The van der Waals surface area contributed by atoms with Gasteiger partial charge < -0.3 is 10.5 Å². The Labute approximate surface area is 98.9 Å². The van der Waals surface area contributed by atoms with Gasteiger partial charge in [0, 0.05) is 15.6 Å². The quantitative estimate of drug-likeness (QED) is 0.896. The van der Waals surface area contributed by atoms with Gasteiger partial charge in [-0.05, 0) is 43.9 Å². The molecule has 2 nitrogen and oxygen atoms in total. The van der Waals surface area contributed by atoms with Gasteiger partial charge in [-0.2, -0.15) is 0 Å². The number of halogens is 1. The molecule has 1 aromatic rings. The van der Waals surface area contributed by atoms with Crippen molar-refractivity contribution in [2.45, 2.75) is 31.7 Å². The van der Waals surface area contributed by atoms with Crippen LogP contribution >= 0.6 is 15.9 Å². The van der Waals surface area contributed by atoms with E-state index in [0.717, 1.165) is 23.1 Å². The third kappa shape index (κ3) is 1.68. The molecule has 0 aromatic heterocycles. The van der Waals surface area contributed by atoms with Crippen LogP contribution in [0.15, 0.2) is 16.6 Å². The van der Waals surface area contributed by atoms with Crippen LogP contribution in [0.25, 0.3) is 0 Å². The second kappa shape index (κ2) is 3.80. The molecule has 1 aromatic carbocycles. The van der Waals surface area contributed by atoms with E-state index in [1.807, 2.05) is 12.1 Å². The molecule has 0 heterocycles. The lowest BCUT2D eigenvalue weighted by Crippen LogP contribution is -2.44. The average molecular weight is 270 g/mol. The Morgan fingerprint density at radius 3 is 2.53 bits per heavy atom. The lowest BCUT2D eigenvalue weighted by atomic mass is 9.71. The van der Waals surface area contributed by atoms with Crippen LogP contribution in [0.2, 0.25) is 0 Å². The zero-order valence-electron chi connectivity index (χ0n) is 9.14. The van der Waals surface area contributed by atoms with E-state index in [1.165, 1.54) is 17.5 Å². The maximum atomic E-state index is 6.37. The Hall–Kier alpha value is -0.540. The second-order valence-electron chi connectivity index (χ2n) is 4.26. The molecule has 0 saturated heterocycles. The summed E-state index contributed by atoms with van der Waals surface area (Å²) in [6.45, 7) is 2.09. The molecule has 3 heteroatoms. The van der Waals surface area contributed by atoms with E-state index in [2.05, 4.69) is 22.9 Å². The number of rotatable bonds is 2. The molecular formula is C12H16BrNO. The molecule has 1 aliphatic rings. The minimum Gasteiger partial charge on any atom is -0.496 e. The summed E-state index contributed by atoms with van der Waals surface area (Å²) in [6, 6.07) is 4.00. The minimum atomic E-state index is -0.167. The van der Waals surface area contributed by atoms with Gasteiger partial charge in [-0.25, -0.2) is 0 Å². The van der Waals surface area contributed by atoms with Gasteiger partial charge >= 0.3 is 0 Å². The summed E-state index contributed by atoms with van der Waals surface area (Å²) in [6.07, 6.45) is 3.33. The highest BCUT2D eigenvalue weighted by molar-refractivity contribution is 9.10. The van der Waals surface area contributed by atoms with Gasteiger partial charge in [0.15, 0.2) is 0 Å². The zero-order chi connectivity index (χ0) is 11.1. The normalized spacial score (nSPS) is 18.4. The predicted octanol–water partition coefficient (Wildman–Crippen LogP) is 3.10. The molecule has 0 atom stereocenters. The highest BCUT2D eigenvalue weighted by Gasteiger charge is 2.38. The number of hydrogen-bond acceptors (Lipinski definition) is 2. The van der Waals surface area contributed by atoms with E-state index < -0.39 is 0 Å². The fourth-order valence-corrected chi connectivity index (χ4v) is 2.59. The van der Waals surface area contributed by atoms with Crippen LogP contribution in [0, 0.1) is 6.92 Å². The smallest absolute Gasteiger partial charge is 0.124 e. The van der Waals surface area contributed by atoms with E-state index in [9.17, 15) is 0 Å². The number of nitrogens with two attached hydrogens (primary N) is 1. The maximum absolute atomic E-state index is 6.37. The van der Waals surface area contributed by atoms with Crippen molar-refractivity contribution in [3.8, 4) is 5.75 Å². The first-order valence-corrected chi connectivity index (χ1v) is 6.00. The molecule has 1 aliphatic carbocycles. The molecule has 2 N–H and O–H groups in total. The molecule has 0 amide bonds. The molecule has 0 spiro atoms. The van der Waals surface area contributed by atoms with Crippen molar-refractivity contribution in [2.24, 2.45) is 5.73 Å². The van der Waals surface area contributed by atoms with Crippen molar-refractivity contribution in [2.75, 3.05) is 7.11 Å². The largest absolute Gasteiger partial charge is 0.496 e. The van der Waals surface area contributed by atoms with Crippen molar-refractivity contribution in [1.82, 2.24) is 0 Å². The molecule has 82 valence electrons. The molecule has 1 saturated carbocycles. The monoisotopic (exact) mass is 269 g/mol. The number of hydrogen-bond donors (Lipinski definition) is 1. The van der Waals surface area contributed by atoms with E-state index >= 15 is 0 Å². The van der Waals surface area contributed by atoms with Crippen LogP contribution in [0.3, 0.4) is 0 Å². The minimum absolute atomic E-state index is 0.167. The van der Waals surface area contributed by atoms with Gasteiger partial charge in [0.1, 0.15) is 5.75 Å². The third-order valence-electron chi connectivity index (χ3n) is 3.32. The fourth-order valence-electron chi connectivity index (χ4n) is 2.26. The summed E-state index contributed by atoms with van der Waals surface area (Å²) < 4.78 is 6.51. The summed E-state index contributed by atoms with van der Waals surface area (Å²) in [4.78, 5) is 0. The second-order valence-corrected chi connectivity index (χ2v) is 5.11. The van der Waals surface area contributed by atoms with Crippen LogP contribution in [0.1, 0.15) is 30.4 Å². The molecule has 0 bridgehead atoms. The summed E-state index contributed by atoms with van der Waals surface area (Å²) in [5.74, 6) is 0.915. The first-order valence-electron chi connectivity index (χ1n) is 5.21. The van der Waals surface area contributed by atoms with Crippen LogP contribution < -0.4 is 10.5 Å². The first kappa shape index (κ1) is 11.0. The van der Waals surface area contributed by atoms with Gasteiger partial charge in [-0.1, -0.05) is 15.9 Å². The average Bonchev–Trinajstić information content (AvgIpc) is 2.18. The molecule has 15 heavy (non-hydrogen) atoms. The predicted molar refractivity (Wildman–Crippen MR) is 65.1 cm³/mol. The van der Waals surface area contributed by atoms with Crippen molar-refractivity contribution in [3.05, 3.63) is 27.7 Å². The fraction of sp³-hybridized carbons (Fsp3) is 0.500. The van der Waals surface area contributed by atoms with E-state index in [0.29, 0.717) is 0 Å². The third-order valence-corrected chi connectivity index (χ3v) is 4.18. The Balaban J connectivity index is 2.56. The van der Waals surface area contributed by atoms with Gasteiger partial charge in [0.2, 0.25) is 0 Å². The number of benzene rings is 1. The summed E-state index contributed by atoms with van der Waals surface area (Å²) in [5.41, 5.74) is 8.58.